The lowest BCUT2D eigenvalue weighted by Crippen LogP contribution is -2.42. The van der Waals surface area contributed by atoms with Crippen LogP contribution in [0.1, 0.15) is 18.1 Å². The Labute approximate surface area is 101 Å². The molecule has 0 fully saturated rings. The van der Waals surface area contributed by atoms with E-state index in [0.29, 0.717) is 5.75 Å². The van der Waals surface area contributed by atoms with Gasteiger partial charge in [-0.2, -0.15) is 0 Å². The highest BCUT2D eigenvalue weighted by Crippen LogP contribution is 2.18. The summed E-state index contributed by atoms with van der Waals surface area (Å²) in [4.78, 5) is 11.2. The van der Waals surface area contributed by atoms with E-state index in [2.05, 4.69) is 4.74 Å². The van der Waals surface area contributed by atoms with Gasteiger partial charge in [0, 0.05) is 0 Å². The number of hydrogen-bond acceptors (Lipinski definition) is 4. The minimum Gasteiger partial charge on any atom is -0.490 e. The van der Waals surface area contributed by atoms with Crippen LogP contribution in [0.2, 0.25) is 0 Å². The average molecular weight is 238 g/mol. The van der Waals surface area contributed by atoms with Crippen molar-refractivity contribution in [3.05, 3.63) is 29.3 Å². The van der Waals surface area contributed by atoms with Crippen molar-refractivity contribution in [3.8, 4) is 5.75 Å². The first-order valence-electron chi connectivity index (χ1n) is 5.37. The van der Waals surface area contributed by atoms with Crippen molar-refractivity contribution in [1.29, 1.82) is 0 Å². The number of carbonyl (C=O) groups excluding carboxylic acids is 1. The summed E-state index contributed by atoms with van der Waals surface area (Å²) in [6.45, 7) is 5.20. The molecule has 94 valence electrons. The minimum atomic E-state index is -1.63. The third-order valence-electron chi connectivity index (χ3n) is 2.62. The van der Waals surface area contributed by atoms with Gasteiger partial charge in [0.1, 0.15) is 12.4 Å². The number of methoxy groups -OCH3 is 1. The number of aryl methyl sites for hydroxylation is 2. The highest BCUT2D eigenvalue weighted by molar-refractivity contribution is 5.78. The van der Waals surface area contributed by atoms with E-state index in [0.717, 1.165) is 11.1 Å². The molecule has 0 radical (unpaired) electrons. The largest absolute Gasteiger partial charge is 0.490 e. The van der Waals surface area contributed by atoms with Gasteiger partial charge in [-0.25, -0.2) is 4.79 Å². The zero-order valence-corrected chi connectivity index (χ0v) is 10.6. The Morgan fingerprint density at radius 2 is 2.00 bits per heavy atom. The Bertz CT molecular complexity index is 410. The maximum atomic E-state index is 11.2. The van der Waals surface area contributed by atoms with Crippen LogP contribution < -0.4 is 4.74 Å². The lowest BCUT2D eigenvalue weighted by Gasteiger charge is -2.20. The molecule has 17 heavy (non-hydrogen) atoms. The summed E-state index contributed by atoms with van der Waals surface area (Å²) in [5.41, 5.74) is 0.630. The molecule has 1 N–H and O–H groups in total. The van der Waals surface area contributed by atoms with E-state index in [4.69, 9.17) is 4.74 Å². The van der Waals surface area contributed by atoms with Crippen LogP contribution >= 0.6 is 0 Å². The van der Waals surface area contributed by atoms with Crippen molar-refractivity contribution < 1.29 is 19.4 Å². The second-order valence-electron chi connectivity index (χ2n) is 4.30. The summed E-state index contributed by atoms with van der Waals surface area (Å²) in [5, 5.41) is 9.77. The van der Waals surface area contributed by atoms with E-state index < -0.39 is 11.6 Å². The first kappa shape index (κ1) is 13.5. The number of carbonyl (C=O) groups is 1. The van der Waals surface area contributed by atoms with Gasteiger partial charge in [0.2, 0.25) is 0 Å². The highest BCUT2D eigenvalue weighted by Gasteiger charge is 2.32. The summed E-state index contributed by atoms with van der Waals surface area (Å²) in [5.74, 6) is -0.0846. The molecule has 0 saturated heterocycles. The molecule has 0 saturated carbocycles. The topological polar surface area (TPSA) is 55.8 Å². The lowest BCUT2D eigenvalue weighted by atomic mass is 10.1. The fraction of sp³-hybridized carbons (Fsp3) is 0.462. The quantitative estimate of drug-likeness (QED) is 0.810. The predicted molar refractivity (Wildman–Crippen MR) is 64.1 cm³/mol. The number of benzene rings is 1. The first-order chi connectivity index (χ1) is 7.86. The molecule has 1 unspecified atom stereocenters. The molecule has 0 aliphatic rings. The van der Waals surface area contributed by atoms with Gasteiger partial charge in [0.25, 0.3) is 0 Å². The van der Waals surface area contributed by atoms with Crippen LogP contribution in [0.5, 0.6) is 5.75 Å². The van der Waals surface area contributed by atoms with Crippen LogP contribution in [0.4, 0.5) is 0 Å². The minimum absolute atomic E-state index is 0.137. The molecule has 0 spiro atoms. The molecule has 1 atom stereocenters. The molecule has 1 rings (SSSR count). The van der Waals surface area contributed by atoms with E-state index >= 15 is 0 Å². The zero-order chi connectivity index (χ0) is 13.1. The van der Waals surface area contributed by atoms with Crippen molar-refractivity contribution in [2.24, 2.45) is 0 Å². The third kappa shape index (κ3) is 3.46. The number of aliphatic hydroxyl groups is 1. The van der Waals surface area contributed by atoms with Crippen LogP contribution in [-0.4, -0.2) is 30.4 Å². The molecule has 4 heteroatoms. The SMILES string of the molecule is COC(=O)C(C)(O)COc1ccc(C)c(C)c1. The molecule has 0 heterocycles. The number of hydrogen-bond donors (Lipinski definition) is 1. The molecule has 0 aromatic heterocycles. The smallest absolute Gasteiger partial charge is 0.341 e. The molecule has 1 aromatic carbocycles. The second-order valence-corrected chi connectivity index (χ2v) is 4.30. The van der Waals surface area contributed by atoms with Crippen LogP contribution in [0, 0.1) is 13.8 Å². The fourth-order valence-electron chi connectivity index (χ4n) is 1.31. The molecular formula is C13H18O4. The van der Waals surface area contributed by atoms with E-state index in [9.17, 15) is 9.90 Å². The molecule has 0 bridgehead atoms. The Kier molecular flexibility index (Phi) is 4.12. The number of ether oxygens (including phenoxy) is 2. The first-order valence-corrected chi connectivity index (χ1v) is 5.37. The van der Waals surface area contributed by atoms with Gasteiger partial charge in [-0.1, -0.05) is 6.07 Å². The highest BCUT2D eigenvalue weighted by atomic mass is 16.6. The van der Waals surface area contributed by atoms with E-state index in [1.165, 1.54) is 14.0 Å². The normalized spacial score (nSPS) is 13.9. The van der Waals surface area contributed by atoms with Gasteiger partial charge in [0.15, 0.2) is 5.60 Å². The van der Waals surface area contributed by atoms with E-state index in [1.54, 1.807) is 6.07 Å². The second kappa shape index (κ2) is 5.19. The van der Waals surface area contributed by atoms with Gasteiger partial charge < -0.3 is 14.6 Å². The summed E-state index contributed by atoms with van der Waals surface area (Å²) >= 11 is 0. The van der Waals surface area contributed by atoms with Crippen LogP contribution in [0.25, 0.3) is 0 Å². The fourth-order valence-corrected chi connectivity index (χ4v) is 1.31. The van der Waals surface area contributed by atoms with Crippen molar-refractivity contribution in [2.75, 3.05) is 13.7 Å². The van der Waals surface area contributed by atoms with E-state index in [-0.39, 0.29) is 6.61 Å². The molecule has 4 nitrogen and oxygen atoms in total. The molecule has 1 aromatic rings. The summed E-state index contributed by atoms with van der Waals surface area (Å²) in [6, 6.07) is 5.59. The van der Waals surface area contributed by atoms with Gasteiger partial charge in [-0.3, -0.25) is 0 Å². The van der Waals surface area contributed by atoms with Crippen molar-refractivity contribution in [2.45, 2.75) is 26.4 Å². The summed E-state index contributed by atoms with van der Waals surface area (Å²) in [7, 11) is 1.23. The molecular weight excluding hydrogens is 220 g/mol. The standard InChI is InChI=1S/C13H18O4/c1-9-5-6-11(7-10(9)2)17-8-13(3,15)12(14)16-4/h5-7,15H,8H2,1-4H3. The van der Waals surface area contributed by atoms with Crippen molar-refractivity contribution in [1.82, 2.24) is 0 Å². The van der Waals surface area contributed by atoms with Crippen LogP contribution in [0.15, 0.2) is 18.2 Å². The molecule has 0 aliphatic heterocycles. The zero-order valence-electron chi connectivity index (χ0n) is 10.6. The lowest BCUT2D eigenvalue weighted by molar-refractivity contribution is -0.163. The average Bonchev–Trinajstić information content (AvgIpc) is 2.29. The van der Waals surface area contributed by atoms with Crippen molar-refractivity contribution in [3.63, 3.8) is 0 Å². The van der Waals surface area contributed by atoms with Crippen LogP contribution in [0.3, 0.4) is 0 Å². The summed E-state index contributed by atoms with van der Waals surface area (Å²) < 4.78 is 9.86. The van der Waals surface area contributed by atoms with Crippen LogP contribution in [-0.2, 0) is 9.53 Å². The number of esters is 1. The van der Waals surface area contributed by atoms with Gasteiger partial charge in [0.05, 0.1) is 7.11 Å². The number of rotatable bonds is 4. The maximum absolute atomic E-state index is 11.2. The third-order valence-corrected chi connectivity index (χ3v) is 2.62. The summed E-state index contributed by atoms with van der Waals surface area (Å²) in [6.07, 6.45) is 0. The Hall–Kier alpha value is -1.55. The Morgan fingerprint density at radius 3 is 2.53 bits per heavy atom. The molecule has 0 aliphatic carbocycles. The van der Waals surface area contributed by atoms with Gasteiger partial charge >= 0.3 is 5.97 Å². The Morgan fingerprint density at radius 1 is 1.35 bits per heavy atom. The van der Waals surface area contributed by atoms with Gasteiger partial charge in [-0.05, 0) is 44.0 Å². The monoisotopic (exact) mass is 238 g/mol. The Balaban J connectivity index is 2.67. The van der Waals surface area contributed by atoms with E-state index in [1.807, 2.05) is 26.0 Å². The maximum Gasteiger partial charge on any atom is 0.341 e. The molecule has 0 amide bonds. The van der Waals surface area contributed by atoms with Gasteiger partial charge in [-0.15, -0.1) is 0 Å². The predicted octanol–water partition coefficient (Wildman–Crippen LogP) is 1.61. The van der Waals surface area contributed by atoms with Crippen molar-refractivity contribution >= 4 is 5.97 Å².